The van der Waals surface area contributed by atoms with Crippen LogP contribution in [-0.2, 0) is 16.4 Å². The highest BCUT2D eigenvalue weighted by Crippen LogP contribution is 2.37. The fraction of sp³-hybridized carbons (Fsp3) is 0.200. The summed E-state index contributed by atoms with van der Waals surface area (Å²) in [5.74, 6) is 6.24. The SMILES string of the molecule is NN=C(C=Nc1ccccc1)C[C@H]1COc2cc(-c3ccccc3NS(=O)(=O)C(F)(F)F)ccc2C1. The van der Waals surface area contributed by atoms with Crippen molar-refractivity contribution in [2.45, 2.75) is 18.3 Å². The molecule has 0 unspecified atom stereocenters. The third-order valence-corrected chi connectivity index (χ3v) is 6.72. The number of hydrazone groups is 1. The Kier molecular flexibility index (Phi) is 7.30. The Morgan fingerprint density at radius 2 is 1.81 bits per heavy atom. The molecule has 1 heterocycles. The molecule has 0 aliphatic carbocycles. The maximum Gasteiger partial charge on any atom is 0.516 e. The second kappa shape index (κ2) is 10.4. The van der Waals surface area contributed by atoms with Crippen LogP contribution in [0, 0.1) is 5.92 Å². The van der Waals surface area contributed by atoms with Crippen LogP contribution < -0.4 is 15.3 Å². The van der Waals surface area contributed by atoms with Crippen LogP contribution in [0.15, 0.2) is 82.9 Å². The normalized spacial score (nSPS) is 16.4. The van der Waals surface area contributed by atoms with Gasteiger partial charge in [-0.1, -0.05) is 48.5 Å². The van der Waals surface area contributed by atoms with Crippen LogP contribution >= 0.6 is 0 Å². The molecular formula is C25H23F3N4O3S. The molecule has 0 amide bonds. The number of nitrogens with two attached hydrogens (primary N) is 1. The summed E-state index contributed by atoms with van der Waals surface area (Å²) in [6, 6.07) is 20.5. The summed E-state index contributed by atoms with van der Waals surface area (Å²) in [4.78, 5) is 4.39. The summed E-state index contributed by atoms with van der Waals surface area (Å²) >= 11 is 0. The molecule has 188 valence electrons. The highest BCUT2D eigenvalue weighted by molar-refractivity contribution is 7.93. The second-order valence-electron chi connectivity index (χ2n) is 8.22. The van der Waals surface area contributed by atoms with Crippen molar-refractivity contribution in [1.29, 1.82) is 0 Å². The number of aliphatic imine (C=N–C) groups is 1. The molecule has 0 saturated carbocycles. The maximum atomic E-state index is 12.9. The Morgan fingerprint density at radius 1 is 1.08 bits per heavy atom. The van der Waals surface area contributed by atoms with Crippen molar-refractivity contribution in [3.8, 4) is 16.9 Å². The average Bonchev–Trinajstić information content (AvgIpc) is 2.86. The van der Waals surface area contributed by atoms with E-state index in [9.17, 15) is 21.6 Å². The van der Waals surface area contributed by atoms with Gasteiger partial charge >= 0.3 is 15.5 Å². The molecule has 0 fully saturated rings. The summed E-state index contributed by atoms with van der Waals surface area (Å²) in [6.45, 7) is 0.386. The van der Waals surface area contributed by atoms with E-state index in [0.717, 1.165) is 11.3 Å². The monoisotopic (exact) mass is 516 g/mol. The fourth-order valence-electron chi connectivity index (χ4n) is 3.86. The van der Waals surface area contributed by atoms with Crippen molar-refractivity contribution in [3.05, 3.63) is 78.4 Å². The summed E-state index contributed by atoms with van der Waals surface area (Å²) < 4.78 is 69.4. The fourth-order valence-corrected chi connectivity index (χ4v) is 4.44. The number of ether oxygens (including phenoxy) is 1. The number of benzene rings is 3. The smallest absolute Gasteiger partial charge is 0.493 e. The van der Waals surface area contributed by atoms with Crippen LogP contribution in [0.2, 0.25) is 0 Å². The van der Waals surface area contributed by atoms with Crippen molar-refractivity contribution >= 4 is 33.3 Å². The van der Waals surface area contributed by atoms with E-state index in [1.54, 1.807) is 29.1 Å². The molecular weight excluding hydrogens is 493 g/mol. The molecule has 0 spiro atoms. The van der Waals surface area contributed by atoms with Gasteiger partial charge in [0.2, 0.25) is 0 Å². The second-order valence-corrected chi connectivity index (χ2v) is 9.89. The molecule has 4 rings (SSSR count). The van der Waals surface area contributed by atoms with Crippen LogP contribution in [-0.4, -0.2) is 32.5 Å². The number of halogens is 3. The van der Waals surface area contributed by atoms with Gasteiger partial charge in [0.05, 0.1) is 29.9 Å². The highest BCUT2D eigenvalue weighted by atomic mass is 32.2. The van der Waals surface area contributed by atoms with Crippen molar-refractivity contribution in [2.24, 2.45) is 21.9 Å². The highest BCUT2D eigenvalue weighted by Gasteiger charge is 2.46. The van der Waals surface area contributed by atoms with E-state index in [1.807, 2.05) is 36.4 Å². The van der Waals surface area contributed by atoms with E-state index < -0.39 is 15.5 Å². The lowest BCUT2D eigenvalue weighted by atomic mass is 9.91. The molecule has 7 nitrogen and oxygen atoms in total. The van der Waals surface area contributed by atoms with Gasteiger partial charge in [-0.15, -0.1) is 0 Å². The van der Waals surface area contributed by atoms with E-state index in [4.69, 9.17) is 10.6 Å². The predicted molar refractivity (Wildman–Crippen MR) is 134 cm³/mol. The van der Waals surface area contributed by atoms with E-state index in [2.05, 4.69) is 10.1 Å². The summed E-state index contributed by atoms with van der Waals surface area (Å²) in [5.41, 5.74) is -2.45. The molecule has 3 N–H and O–H groups in total. The number of sulfonamides is 1. The van der Waals surface area contributed by atoms with Gasteiger partial charge in [0.25, 0.3) is 0 Å². The molecule has 0 bridgehead atoms. The van der Waals surface area contributed by atoms with Crippen LogP contribution in [0.5, 0.6) is 5.75 Å². The number of alkyl halides is 3. The zero-order valence-electron chi connectivity index (χ0n) is 18.9. The number of rotatable bonds is 7. The Hall–Kier alpha value is -3.86. The van der Waals surface area contributed by atoms with Crippen LogP contribution in [0.3, 0.4) is 0 Å². The van der Waals surface area contributed by atoms with Gasteiger partial charge in [0, 0.05) is 11.5 Å². The summed E-state index contributed by atoms with van der Waals surface area (Å²) in [7, 11) is -5.56. The topological polar surface area (TPSA) is 106 Å². The van der Waals surface area contributed by atoms with E-state index >= 15 is 0 Å². The van der Waals surface area contributed by atoms with Gasteiger partial charge in [0.1, 0.15) is 5.75 Å². The number of hydrogen-bond acceptors (Lipinski definition) is 6. The number of nitrogens with zero attached hydrogens (tertiary/aromatic N) is 2. The van der Waals surface area contributed by atoms with Crippen molar-refractivity contribution in [2.75, 3.05) is 11.3 Å². The van der Waals surface area contributed by atoms with Gasteiger partial charge in [-0.3, -0.25) is 9.71 Å². The minimum Gasteiger partial charge on any atom is -0.493 e. The Bertz CT molecular complexity index is 1390. The minimum atomic E-state index is -5.56. The first-order chi connectivity index (χ1) is 17.2. The number of hydrogen-bond donors (Lipinski definition) is 2. The third-order valence-electron chi connectivity index (χ3n) is 5.62. The largest absolute Gasteiger partial charge is 0.516 e. The minimum absolute atomic E-state index is 0.0961. The predicted octanol–water partition coefficient (Wildman–Crippen LogP) is 5.27. The van der Waals surface area contributed by atoms with Crippen LogP contribution in [0.4, 0.5) is 24.5 Å². The zero-order chi connectivity index (χ0) is 25.8. The number of fused-ring (bicyclic) bond motifs is 1. The molecule has 0 aromatic heterocycles. The van der Waals surface area contributed by atoms with Gasteiger partial charge in [0.15, 0.2) is 0 Å². The lowest BCUT2D eigenvalue weighted by Crippen LogP contribution is -2.30. The van der Waals surface area contributed by atoms with Crippen LogP contribution in [0.1, 0.15) is 12.0 Å². The lowest BCUT2D eigenvalue weighted by Gasteiger charge is -2.26. The molecule has 1 aliphatic rings. The lowest BCUT2D eigenvalue weighted by molar-refractivity contribution is -0.0429. The molecule has 0 radical (unpaired) electrons. The summed E-state index contributed by atoms with van der Waals surface area (Å²) in [6.07, 6.45) is 2.86. The van der Waals surface area contributed by atoms with Crippen molar-refractivity contribution in [1.82, 2.24) is 0 Å². The van der Waals surface area contributed by atoms with Gasteiger partial charge in [-0.2, -0.15) is 26.7 Å². The average molecular weight is 517 g/mol. The van der Waals surface area contributed by atoms with E-state index in [-0.39, 0.29) is 11.6 Å². The Labute approximate surface area is 206 Å². The Morgan fingerprint density at radius 3 is 2.53 bits per heavy atom. The molecule has 1 aliphatic heterocycles. The van der Waals surface area contributed by atoms with Crippen LogP contribution in [0.25, 0.3) is 11.1 Å². The number of para-hydroxylation sites is 2. The first kappa shape index (κ1) is 25.2. The molecule has 0 saturated heterocycles. The van der Waals surface area contributed by atoms with Gasteiger partial charge < -0.3 is 10.6 Å². The maximum absolute atomic E-state index is 12.9. The molecule has 1 atom stereocenters. The first-order valence-corrected chi connectivity index (χ1v) is 12.4. The van der Waals surface area contributed by atoms with Crippen molar-refractivity contribution < 1.29 is 26.3 Å². The first-order valence-electron chi connectivity index (χ1n) is 11.0. The molecule has 3 aromatic rings. The zero-order valence-corrected chi connectivity index (χ0v) is 19.8. The van der Waals surface area contributed by atoms with E-state index in [0.29, 0.717) is 42.0 Å². The van der Waals surface area contributed by atoms with E-state index in [1.165, 1.54) is 18.2 Å². The molecule has 36 heavy (non-hydrogen) atoms. The quantitative estimate of drug-likeness (QED) is 0.253. The molecule has 11 heteroatoms. The number of anilines is 1. The third kappa shape index (κ3) is 5.85. The number of nitrogens with one attached hydrogen (secondary N) is 1. The molecule has 3 aromatic carbocycles. The standard InChI is InChI=1S/C25H23F3N4O3S/c26-25(27,28)36(33,34)32-23-9-5-4-8-22(23)18-10-11-19-12-17(16-35-24(19)14-18)13-21(31-29)15-30-20-6-2-1-3-7-20/h1-11,14-15,17,32H,12-13,16,29H2/t17-/m0/s1. The van der Waals surface area contributed by atoms with Gasteiger partial charge in [-0.25, -0.2) is 0 Å². The van der Waals surface area contributed by atoms with Crippen molar-refractivity contribution in [3.63, 3.8) is 0 Å². The van der Waals surface area contributed by atoms with Gasteiger partial charge in [-0.05, 0) is 48.2 Å². The summed E-state index contributed by atoms with van der Waals surface area (Å²) in [5, 5.41) is 3.84. The Balaban J connectivity index is 1.49.